The third-order valence-electron chi connectivity index (χ3n) is 5.85. The number of benzene rings is 1. The van der Waals surface area contributed by atoms with Crippen LogP contribution in [0.15, 0.2) is 52.6 Å². The fraction of sp³-hybridized carbons (Fsp3) is 0.391. The Hall–Kier alpha value is -3.15. The number of piperazine rings is 1. The van der Waals surface area contributed by atoms with Gasteiger partial charge in [-0.2, -0.15) is 5.10 Å². The van der Waals surface area contributed by atoms with Gasteiger partial charge in [0, 0.05) is 61.4 Å². The van der Waals surface area contributed by atoms with E-state index in [4.69, 9.17) is 9.97 Å². The number of amides is 1. The van der Waals surface area contributed by atoms with Crippen molar-refractivity contribution >= 4 is 40.8 Å². The van der Waals surface area contributed by atoms with Gasteiger partial charge in [-0.25, -0.2) is 9.97 Å². The maximum Gasteiger partial charge on any atom is 0.227 e. The van der Waals surface area contributed by atoms with E-state index >= 15 is 0 Å². The molecule has 1 aliphatic carbocycles. The highest BCUT2D eigenvalue weighted by molar-refractivity contribution is 7.99. The Bertz CT molecular complexity index is 1100. The molecule has 34 heavy (non-hydrogen) atoms. The fourth-order valence-electron chi connectivity index (χ4n) is 3.79. The van der Waals surface area contributed by atoms with Gasteiger partial charge in [0.25, 0.3) is 0 Å². The highest BCUT2D eigenvalue weighted by Crippen LogP contribution is 2.32. The summed E-state index contributed by atoms with van der Waals surface area (Å²) in [6.45, 7) is 4.30. The number of nitrogens with zero attached hydrogens (tertiary/aromatic N) is 5. The molecule has 3 aromatic rings. The number of β-amino-alcohol motifs (C(OH)–C–C–N with tert-alkyl or cyclic N) is 1. The molecule has 0 unspecified atom stereocenters. The molecule has 1 amide bonds. The lowest BCUT2D eigenvalue weighted by atomic mass is 10.3. The van der Waals surface area contributed by atoms with Gasteiger partial charge in [0.15, 0.2) is 5.16 Å². The molecule has 1 aliphatic heterocycles. The van der Waals surface area contributed by atoms with Gasteiger partial charge >= 0.3 is 0 Å². The molecule has 5 rings (SSSR count). The molecular weight excluding hydrogens is 452 g/mol. The van der Waals surface area contributed by atoms with E-state index in [0.717, 1.165) is 61.2 Å². The van der Waals surface area contributed by atoms with E-state index in [1.807, 2.05) is 36.4 Å². The summed E-state index contributed by atoms with van der Waals surface area (Å²) < 4.78 is 0. The molecule has 0 atom stereocenters. The summed E-state index contributed by atoms with van der Waals surface area (Å²) >= 11 is 1.48. The van der Waals surface area contributed by atoms with E-state index in [2.05, 4.69) is 30.6 Å². The number of aromatic amines is 1. The average Bonchev–Trinajstić information content (AvgIpc) is 3.58. The van der Waals surface area contributed by atoms with E-state index in [1.165, 1.54) is 11.8 Å². The highest BCUT2D eigenvalue weighted by atomic mass is 32.2. The largest absolute Gasteiger partial charge is 0.395 e. The van der Waals surface area contributed by atoms with E-state index in [9.17, 15) is 9.90 Å². The third-order valence-corrected chi connectivity index (χ3v) is 6.72. The Morgan fingerprint density at radius 2 is 1.91 bits per heavy atom. The van der Waals surface area contributed by atoms with E-state index < -0.39 is 0 Å². The van der Waals surface area contributed by atoms with Crippen LogP contribution in [0.4, 0.5) is 23.1 Å². The molecule has 11 heteroatoms. The van der Waals surface area contributed by atoms with Crippen molar-refractivity contribution in [1.29, 1.82) is 0 Å². The van der Waals surface area contributed by atoms with Gasteiger partial charge in [-0.1, -0.05) is 0 Å². The number of carbonyl (C=O) groups is 1. The van der Waals surface area contributed by atoms with Gasteiger partial charge in [-0.3, -0.25) is 14.8 Å². The van der Waals surface area contributed by atoms with Crippen LogP contribution in [0.1, 0.15) is 12.8 Å². The molecule has 1 aromatic carbocycles. The SMILES string of the molecule is O=C(Nc1ccc(Sc2nc(Nc3ccn[nH]3)cc(N3CCN(CCO)CC3)n2)cc1)C1CC1. The fourth-order valence-corrected chi connectivity index (χ4v) is 4.56. The van der Waals surface area contributed by atoms with Gasteiger partial charge in [0.1, 0.15) is 17.5 Å². The second-order valence-corrected chi connectivity index (χ2v) is 9.47. The maximum atomic E-state index is 12.0. The lowest BCUT2D eigenvalue weighted by Crippen LogP contribution is -2.47. The summed E-state index contributed by atoms with van der Waals surface area (Å²) in [7, 11) is 0. The topological polar surface area (TPSA) is 122 Å². The molecule has 0 spiro atoms. The van der Waals surface area contributed by atoms with Crippen molar-refractivity contribution < 1.29 is 9.90 Å². The van der Waals surface area contributed by atoms with Crippen LogP contribution < -0.4 is 15.5 Å². The molecule has 4 N–H and O–H groups in total. The van der Waals surface area contributed by atoms with Gasteiger partial charge < -0.3 is 20.6 Å². The molecule has 1 saturated carbocycles. The van der Waals surface area contributed by atoms with E-state index in [-0.39, 0.29) is 18.4 Å². The lowest BCUT2D eigenvalue weighted by Gasteiger charge is -2.35. The quantitative estimate of drug-likeness (QED) is 0.342. The number of anilines is 4. The normalized spacial score (nSPS) is 16.4. The summed E-state index contributed by atoms with van der Waals surface area (Å²) in [6.07, 6.45) is 3.65. The van der Waals surface area contributed by atoms with Crippen LogP contribution in [0.5, 0.6) is 0 Å². The predicted molar refractivity (Wildman–Crippen MR) is 132 cm³/mol. The first-order valence-electron chi connectivity index (χ1n) is 11.5. The number of hydrogen-bond acceptors (Lipinski definition) is 9. The molecule has 178 valence electrons. The Morgan fingerprint density at radius 1 is 1.12 bits per heavy atom. The number of hydrogen-bond donors (Lipinski definition) is 4. The Kier molecular flexibility index (Phi) is 6.93. The van der Waals surface area contributed by atoms with E-state index in [0.29, 0.717) is 17.5 Å². The summed E-state index contributed by atoms with van der Waals surface area (Å²) in [6, 6.07) is 11.6. The minimum Gasteiger partial charge on any atom is -0.395 e. The minimum atomic E-state index is 0.102. The zero-order valence-electron chi connectivity index (χ0n) is 18.8. The second kappa shape index (κ2) is 10.4. The highest BCUT2D eigenvalue weighted by Gasteiger charge is 2.29. The molecule has 2 aromatic heterocycles. The lowest BCUT2D eigenvalue weighted by molar-refractivity contribution is -0.117. The van der Waals surface area contributed by atoms with Gasteiger partial charge in [0.2, 0.25) is 5.91 Å². The van der Waals surface area contributed by atoms with Gasteiger partial charge in [0.05, 0.1) is 12.8 Å². The molecule has 0 radical (unpaired) electrons. The molecule has 1 saturated heterocycles. The van der Waals surface area contributed by atoms with Crippen molar-refractivity contribution in [2.75, 3.05) is 54.9 Å². The second-order valence-electron chi connectivity index (χ2n) is 8.43. The number of aliphatic hydroxyl groups is 1. The number of carbonyl (C=O) groups excluding carboxylic acids is 1. The smallest absolute Gasteiger partial charge is 0.227 e. The zero-order chi connectivity index (χ0) is 23.3. The predicted octanol–water partition coefficient (Wildman–Crippen LogP) is 2.56. The summed E-state index contributed by atoms with van der Waals surface area (Å²) in [4.78, 5) is 27.0. The first-order valence-corrected chi connectivity index (χ1v) is 12.3. The minimum absolute atomic E-state index is 0.102. The molecule has 10 nitrogen and oxygen atoms in total. The number of rotatable bonds is 9. The Balaban J connectivity index is 1.32. The van der Waals surface area contributed by atoms with E-state index in [1.54, 1.807) is 6.20 Å². The Labute approximate surface area is 202 Å². The van der Waals surface area contributed by atoms with Crippen LogP contribution in [-0.2, 0) is 4.79 Å². The van der Waals surface area contributed by atoms with Crippen LogP contribution in [0, 0.1) is 5.92 Å². The molecule has 0 bridgehead atoms. The average molecular weight is 481 g/mol. The molecule has 3 heterocycles. The maximum absolute atomic E-state index is 12.0. The van der Waals surface area contributed by atoms with Crippen molar-refractivity contribution in [2.45, 2.75) is 22.9 Å². The molecule has 2 aliphatic rings. The van der Waals surface area contributed by atoms with Crippen molar-refractivity contribution in [2.24, 2.45) is 5.92 Å². The van der Waals surface area contributed by atoms with Crippen LogP contribution in [-0.4, -0.2) is 75.4 Å². The summed E-state index contributed by atoms with van der Waals surface area (Å²) in [5.74, 6) is 2.57. The number of H-pyrrole nitrogens is 1. The monoisotopic (exact) mass is 480 g/mol. The van der Waals surface area contributed by atoms with Gasteiger partial charge in [-0.15, -0.1) is 0 Å². The van der Waals surface area contributed by atoms with Crippen molar-refractivity contribution in [3.63, 3.8) is 0 Å². The Morgan fingerprint density at radius 3 is 2.59 bits per heavy atom. The van der Waals surface area contributed by atoms with Crippen LogP contribution in [0.2, 0.25) is 0 Å². The van der Waals surface area contributed by atoms with Crippen LogP contribution in [0.25, 0.3) is 0 Å². The number of aromatic nitrogens is 4. The molecule has 2 fully saturated rings. The number of nitrogens with one attached hydrogen (secondary N) is 3. The van der Waals surface area contributed by atoms with Crippen molar-refractivity contribution in [3.05, 3.63) is 42.6 Å². The third kappa shape index (κ3) is 5.85. The summed E-state index contributed by atoms with van der Waals surface area (Å²) in [5.41, 5.74) is 0.804. The first kappa shape index (κ1) is 22.6. The van der Waals surface area contributed by atoms with Crippen LogP contribution >= 0.6 is 11.8 Å². The van der Waals surface area contributed by atoms with Crippen molar-refractivity contribution in [1.82, 2.24) is 25.1 Å². The summed E-state index contributed by atoms with van der Waals surface area (Å²) in [5, 5.41) is 23.0. The van der Waals surface area contributed by atoms with Crippen molar-refractivity contribution in [3.8, 4) is 0 Å². The van der Waals surface area contributed by atoms with Gasteiger partial charge in [-0.05, 0) is 48.9 Å². The van der Waals surface area contributed by atoms with Crippen LogP contribution in [0.3, 0.4) is 0 Å². The first-order chi connectivity index (χ1) is 16.7. The molecular formula is C23H28N8O2S. The zero-order valence-corrected chi connectivity index (χ0v) is 19.6. The standard InChI is InChI=1S/C23H28N8O2S/c32-14-13-30-9-11-31(12-10-30)21-15-20(26-19-7-8-24-29-19)27-23(28-21)34-18-5-3-17(4-6-18)25-22(33)16-1-2-16/h3-8,15-16,32H,1-2,9-14H2,(H,25,33)(H2,24,26,27,28,29). The number of aliphatic hydroxyl groups excluding tert-OH is 1.